The van der Waals surface area contributed by atoms with Crippen molar-refractivity contribution in [2.45, 2.75) is 25.3 Å². The van der Waals surface area contributed by atoms with Crippen molar-refractivity contribution in [1.82, 2.24) is 4.90 Å². The Labute approximate surface area is 81.4 Å². The number of hydrogen-bond acceptors (Lipinski definition) is 2. The third-order valence-electron chi connectivity index (χ3n) is 2.12. The zero-order chi connectivity index (χ0) is 8.97. The highest BCUT2D eigenvalue weighted by molar-refractivity contribution is 9.09. The number of likely N-dealkylation sites (tertiary alicyclic amines) is 1. The van der Waals surface area contributed by atoms with Crippen molar-refractivity contribution in [3.8, 4) is 0 Å². The summed E-state index contributed by atoms with van der Waals surface area (Å²) in [6, 6.07) is 0.193. The van der Waals surface area contributed by atoms with Crippen LogP contribution in [-0.4, -0.2) is 35.3 Å². The first-order valence-corrected chi connectivity index (χ1v) is 5.45. The molecule has 1 rings (SSSR count). The summed E-state index contributed by atoms with van der Waals surface area (Å²) >= 11 is 3.25. The third-order valence-corrected chi connectivity index (χ3v) is 2.52. The number of carbonyl (C=O) groups excluding carboxylic acids is 1. The van der Waals surface area contributed by atoms with Crippen LogP contribution in [0.2, 0.25) is 0 Å². The Bertz CT molecular complexity index is 163. The minimum atomic E-state index is 0.193. The molecule has 1 heterocycles. The van der Waals surface area contributed by atoms with Crippen molar-refractivity contribution < 1.29 is 4.79 Å². The van der Waals surface area contributed by atoms with Crippen LogP contribution in [0.15, 0.2) is 0 Å². The summed E-state index contributed by atoms with van der Waals surface area (Å²) < 4.78 is 0. The molecule has 3 nitrogen and oxygen atoms in total. The van der Waals surface area contributed by atoms with Crippen LogP contribution < -0.4 is 5.73 Å². The molecule has 0 saturated carbocycles. The Morgan fingerprint density at radius 1 is 1.67 bits per heavy atom. The number of alkyl halides is 1. The number of rotatable bonds is 2. The number of amides is 1. The van der Waals surface area contributed by atoms with Crippen LogP contribution in [0.25, 0.3) is 0 Å². The second kappa shape index (κ2) is 4.82. The predicted molar refractivity (Wildman–Crippen MR) is 52.2 cm³/mol. The van der Waals surface area contributed by atoms with Crippen LogP contribution >= 0.6 is 15.9 Å². The lowest BCUT2D eigenvalue weighted by Gasteiger charge is -2.30. The van der Waals surface area contributed by atoms with Gasteiger partial charge in [0, 0.05) is 30.9 Å². The van der Waals surface area contributed by atoms with E-state index in [0.717, 1.165) is 31.3 Å². The standard InChI is InChI=1S/C8H15BrN2O/c9-4-3-8(12)11-5-1-2-7(10)6-11/h7H,1-6,10H2. The van der Waals surface area contributed by atoms with Gasteiger partial charge in [-0.05, 0) is 12.8 Å². The topological polar surface area (TPSA) is 46.3 Å². The Morgan fingerprint density at radius 2 is 2.42 bits per heavy atom. The molecule has 0 spiro atoms. The molecule has 70 valence electrons. The van der Waals surface area contributed by atoms with E-state index in [1.807, 2.05) is 4.90 Å². The summed E-state index contributed by atoms with van der Waals surface area (Å²) in [6.07, 6.45) is 2.69. The lowest BCUT2D eigenvalue weighted by atomic mass is 10.1. The molecule has 0 aromatic carbocycles. The molecule has 0 aliphatic carbocycles. The molecular formula is C8H15BrN2O. The molecule has 1 fully saturated rings. The van der Waals surface area contributed by atoms with E-state index < -0.39 is 0 Å². The normalized spacial score (nSPS) is 24.2. The van der Waals surface area contributed by atoms with Crippen LogP contribution in [0, 0.1) is 0 Å². The van der Waals surface area contributed by atoms with E-state index in [0.29, 0.717) is 6.42 Å². The van der Waals surface area contributed by atoms with Crippen molar-refractivity contribution in [3.05, 3.63) is 0 Å². The number of halogens is 1. The van der Waals surface area contributed by atoms with Gasteiger partial charge in [0.1, 0.15) is 0 Å². The molecule has 0 radical (unpaired) electrons. The maximum absolute atomic E-state index is 11.4. The van der Waals surface area contributed by atoms with Crippen LogP contribution in [0.5, 0.6) is 0 Å². The monoisotopic (exact) mass is 234 g/mol. The van der Waals surface area contributed by atoms with E-state index in [-0.39, 0.29) is 11.9 Å². The van der Waals surface area contributed by atoms with Crippen molar-refractivity contribution in [2.75, 3.05) is 18.4 Å². The highest BCUT2D eigenvalue weighted by Crippen LogP contribution is 2.09. The minimum absolute atomic E-state index is 0.193. The molecule has 1 saturated heterocycles. The van der Waals surface area contributed by atoms with Gasteiger partial charge >= 0.3 is 0 Å². The van der Waals surface area contributed by atoms with Crippen molar-refractivity contribution in [3.63, 3.8) is 0 Å². The van der Waals surface area contributed by atoms with Crippen molar-refractivity contribution >= 4 is 21.8 Å². The third kappa shape index (κ3) is 2.75. The summed E-state index contributed by atoms with van der Waals surface area (Å²) in [5.74, 6) is 0.224. The van der Waals surface area contributed by atoms with Crippen LogP contribution in [-0.2, 0) is 4.79 Å². The summed E-state index contributed by atoms with van der Waals surface area (Å²) in [6.45, 7) is 1.63. The smallest absolute Gasteiger partial charge is 0.223 e. The van der Waals surface area contributed by atoms with E-state index in [4.69, 9.17) is 5.73 Å². The van der Waals surface area contributed by atoms with Crippen molar-refractivity contribution in [2.24, 2.45) is 5.73 Å². The second-order valence-corrected chi connectivity index (χ2v) is 3.97. The van der Waals surface area contributed by atoms with Gasteiger partial charge in [0.25, 0.3) is 0 Å². The van der Waals surface area contributed by atoms with E-state index in [1.54, 1.807) is 0 Å². The number of nitrogens with zero attached hydrogens (tertiary/aromatic N) is 1. The fourth-order valence-corrected chi connectivity index (χ4v) is 1.81. The van der Waals surface area contributed by atoms with Gasteiger partial charge in [-0.2, -0.15) is 0 Å². The molecule has 12 heavy (non-hydrogen) atoms. The molecule has 0 bridgehead atoms. The molecule has 2 N–H and O–H groups in total. The number of piperidine rings is 1. The predicted octanol–water partition coefficient (Wildman–Crippen LogP) is 0.721. The SMILES string of the molecule is NC1CCCN(C(=O)CCBr)C1. The lowest BCUT2D eigenvalue weighted by molar-refractivity contribution is -0.131. The fourth-order valence-electron chi connectivity index (χ4n) is 1.48. The highest BCUT2D eigenvalue weighted by atomic mass is 79.9. The highest BCUT2D eigenvalue weighted by Gasteiger charge is 2.19. The Balaban J connectivity index is 2.35. The zero-order valence-electron chi connectivity index (χ0n) is 7.13. The first-order valence-electron chi connectivity index (χ1n) is 4.33. The zero-order valence-corrected chi connectivity index (χ0v) is 8.72. The fraction of sp³-hybridized carbons (Fsp3) is 0.875. The molecule has 1 atom stereocenters. The van der Waals surface area contributed by atoms with Gasteiger partial charge in [-0.1, -0.05) is 15.9 Å². The molecule has 4 heteroatoms. The average molecular weight is 235 g/mol. The number of carbonyl (C=O) groups is 1. The van der Waals surface area contributed by atoms with Gasteiger partial charge in [0.05, 0.1) is 0 Å². The molecule has 0 aromatic heterocycles. The molecular weight excluding hydrogens is 220 g/mol. The van der Waals surface area contributed by atoms with Crippen LogP contribution in [0.4, 0.5) is 0 Å². The molecule has 0 aromatic rings. The van der Waals surface area contributed by atoms with E-state index in [2.05, 4.69) is 15.9 Å². The molecule has 1 amide bonds. The largest absolute Gasteiger partial charge is 0.341 e. The maximum atomic E-state index is 11.4. The van der Waals surface area contributed by atoms with Gasteiger partial charge in [-0.25, -0.2) is 0 Å². The van der Waals surface area contributed by atoms with Crippen molar-refractivity contribution in [1.29, 1.82) is 0 Å². The Kier molecular flexibility index (Phi) is 4.01. The van der Waals surface area contributed by atoms with Gasteiger partial charge < -0.3 is 10.6 Å². The Hall–Kier alpha value is -0.0900. The lowest BCUT2D eigenvalue weighted by Crippen LogP contribution is -2.45. The second-order valence-electron chi connectivity index (χ2n) is 3.18. The number of nitrogens with two attached hydrogens (primary N) is 1. The Morgan fingerprint density at radius 3 is 3.00 bits per heavy atom. The summed E-state index contributed by atoms with van der Waals surface area (Å²) in [4.78, 5) is 13.3. The van der Waals surface area contributed by atoms with Crippen LogP contribution in [0.3, 0.4) is 0 Å². The maximum Gasteiger partial charge on any atom is 0.223 e. The summed E-state index contributed by atoms with van der Waals surface area (Å²) in [5.41, 5.74) is 5.75. The first-order chi connectivity index (χ1) is 5.74. The van der Waals surface area contributed by atoms with Gasteiger partial charge in [0.2, 0.25) is 5.91 Å². The quantitative estimate of drug-likeness (QED) is 0.717. The van der Waals surface area contributed by atoms with Gasteiger partial charge in [-0.3, -0.25) is 4.79 Å². The summed E-state index contributed by atoms with van der Waals surface area (Å²) in [7, 11) is 0. The number of hydrogen-bond donors (Lipinski definition) is 1. The van der Waals surface area contributed by atoms with Gasteiger partial charge in [0.15, 0.2) is 0 Å². The summed E-state index contributed by atoms with van der Waals surface area (Å²) in [5, 5.41) is 0.748. The first kappa shape index (κ1) is 9.99. The molecule has 1 unspecified atom stereocenters. The average Bonchev–Trinajstić information content (AvgIpc) is 2.05. The minimum Gasteiger partial charge on any atom is -0.341 e. The van der Waals surface area contributed by atoms with E-state index in [1.165, 1.54) is 0 Å². The van der Waals surface area contributed by atoms with Crippen LogP contribution in [0.1, 0.15) is 19.3 Å². The van der Waals surface area contributed by atoms with E-state index in [9.17, 15) is 4.79 Å². The van der Waals surface area contributed by atoms with E-state index >= 15 is 0 Å². The molecule has 1 aliphatic rings. The van der Waals surface area contributed by atoms with Gasteiger partial charge in [-0.15, -0.1) is 0 Å². The molecule has 1 aliphatic heterocycles.